The maximum Gasteiger partial charge on any atom is 0.268 e. The van der Waals surface area contributed by atoms with E-state index in [-0.39, 0.29) is 19.1 Å². The minimum Gasteiger partial charge on any atom is -0.756 e. The Morgan fingerprint density at radius 3 is 1.15 bits per heavy atom. The lowest BCUT2D eigenvalue weighted by molar-refractivity contribution is -0.870. The highest BCUT2D eigenvalue weighted by atomic mass is 31.2. The third-order valence-electron chi connectivity index (χ3n) is 13.7. The van der Waals surface area contributed by atoms with E-state index in [0.29, 0.717) is 17.4 Å². The molecule has 8 nitrogen and oxygen atoms in total. The molecule has 0 fully saturated rings. The van der Waals surface area contributed by atoms with Crippen LogP contribution in [0.4, 0.5) is 0 Å². The largest absolute Gasteiger partial charge is 0.756 e. The number of rotatable bonds is 55. The highest BCUT2D eigenvalue weighted by Crippen LogP contribution is 2.38. The van der Waals surface area contributed by atoms with Crippen molar-refractivity contribution in [1.82, 2.24) is 5.32 Å². The van der Waals surface area contributed by atoms with Crippen molar-refractivity contribution in [3.05, 3.63) is 24.3 Å². The third kappa shape index (κ3) is 52.8. The van der Waals surface area contributed by atoms with Crippen molar-refractivity contribution in [1.29, 1.82) is 0 Å². The van der Waals surface area contributed by atoms with Gasteiger partial charge in [0.05, 0.1) is 39.9 Å². The molecule has 0 bridgehead atoms. The summed E-state index contributed by atoms with van der Waals surface area (Å²) in [5.74, 6) is -0.192. The van der Waals surface area contributed by atoms with Gasteiger partial charge in [0.25, 0.3) is 7.82 Å². The number of quaternary nitrogens is 1. The number of aliphatic hydroxyl groups is 1. The number of aliphatic hydroxyl groups excluding tert-OH is 1. The molecule has 0 aliphatic heterocycles. The maximum atomic E-state index is 13.0. The lowest BCUT2D eigenvalue weighted by atomic mass is 10.0. The predicted molar refractivity (Wildman–Crippen MR) is 293 cm³/mol. The molecule has 404 valence electrons. The Morgan fingerprint density at radius 2 is 0.809 bits per heavy atom. The first-order valence-corrected chi connectivity index (χ1v) is 31.2. The van der Waals surface area contributed by atoms with Crippen molar-refractivity contribution in [3.63, 3.8) is 0 Å². The summed E-state index contributed by atoms with van der Waals surface area (Å²) in [5.41, 5.74) is 0. The number of nitrogens with zero attached hydrogens (tertiary/aromatic N) is 1. The second kappa shape index (κ2) is 50.9. The molecule has 0 aliphatic carbocycles. The van der Waals surface area contributed by atoms with Gasteiger partial charge in [-0.2, -0.15) is 0 Å². The fraction of sp³-hybridized carbons (Fsp3) is 0.915. The van der Waals surface area contributed by atoms with Crippen LogP contribution in [0.25, 0.3) is 0 Å². The zero-order valence-corrected chi connectivity index (χ0v) is 47.0. The molecule has 0 saturated heterocycles. The lowest BCUT2D eigenvalue weighted by Gasteiger charge is -2.29. The molecule has 0 radical (unpaired) electrons. The topological polar surface area (TPSA) is 108 Å². The second-order valence-corrected chi connectivity index (χ2v) is 23.1. The van der Waals surface area contributed by atoms with Gasteiger partial charge in [0, 0.05) is 6.42 Å². The first-order valence-electron chi connectivity index (χ1n) is 29.7. The second-order valence-electron chi connectivity index (χ2n) is 21.7. The molecule has 3 atom stereocenters. The number of carbonyl (C=O) groups excluding carboxylic acids is 1. The van der Waals surface area contributed by atoms with Crippen molar-refractivity contribution < 1.29 is 32.9 Å². The molecule has 1 amide bonds. The quantitative estimate of drug-likeness (QED) is 0.0272. The standard InChI is InChI=1S/C59H117N2O6P/c1-6-8-10-12-14-16-18-20-22-24-26-27-28-29-30-31-32-33-35-37-39-41-43-45-47-49-51-53-59(63)60-57(56-67-68(64,65)66-55-54-61(3,4)5)58(62)52-50-48-46-44-42-40-38-36-34-25-23-21-19-17-15-13-11-9-7-2/h24,26,50,52,57-58,62H,6-23,25,27-49,51,53-56H2,1-5H3,(H-,60,63,64,65)/b26-24-,52-50+. The molecule has 3 unspecified atom stereocenters. The first kappa shape index (κ1) is 67.0. The Kier molecular flexibility index (Phi) is 50.1. The van der Waals surface area contributed by atoms with Crippen LogP contribution in [0.15, 0.2) is 24.3 Å². The van der Waals surface area contributed by atoms with E-state index >= 15 is 0 Å². The number of phosphoric ester groups is 1. The van der Waals surface area contributed by atoms with E-state index in [1.807, 2.05) is 27.2 Å². The van der Waals surface area contributed by atoms with Gasteiger partial charge in [-0.05, 0) is 44.9 Å². The normalized spacial score (nSPS) is 14.0. The third-order valence-corrected chi connectivity index (χ3v) is 14.6. The van der Waals surface area contributed by atoms with Crippen LogP contribution in [-0.2, 0) is 18.4 Å². The molecule has 0 aromatic rings. The number of hydrogen-bond acceptors (Lipinski definition) is 6. The Morgan fingerprint density at radius 1 is 0.500 bits per heavy atom. The highest BCUT2D eigenvalue weighted by Gasteiger charge is 2.23. The van der Waals surface area contributed by atoms with Crippen LogP contribution >= 0.6 is 7.82 Å². The zero-order chi connectivity index (χ0) is 49.9. The molecule has 0 saturated carbocycles. The van der Waals surface area contributed by atoms with Gasteiger partial charge < -0.3 is 28.8 Å². The van der Waals surface area contributed by atoms with Crippen LogP contribution in [0.1, 0.15) is 296 Å². The van der Waals surface area contributed by atoms with E-state index in [4.69, 9.17) is 9.05 Å². The summed E-state index contributed by atoms with van der Waals surface area (Å²) in [5, 5.41) is 13.9. The molecule has 0 aromatic heterocycles. The van der Waals surface area contributed by atoms with Crippen LogP contribution < -0.4 is 10.2 Å². The number of allylic oxidation sites excluding steroid dienone is 3. The summed E-state index contributed by atoms with van der Waals surface area (Å²) in [6.07, 6.45) is 64.0. The molecule has 2 N–H and O–H groups in total. The summed E-state index contributed by atoms with van der Waals surface area (Å²) in [7, 11) is 1.27. The molecular weight excluding hydrogens is 864 g/mol. The number of unbranched alkanes of at least 4 members (excludes halogenated alkanes) is 40. The molecule has 0 aliphatic rings. The van der Waals surface area contributed by atoms with Gasteiger partial charge in [-0.1, -0.05) is 269 Å². The first-order chi connectivity index (χ1) is 33.0. The van der Waals surface area contributed by atoms with Gasteiger partial charge in [0.1, 0.15) is 13.2 Å². The van der Waals surface area contributed by atoms with E-state index in [1.165, 1.54) is 238 Å². The average Bonchev–Trinajstić information content (AvgIpc) is 3.30. The zero-order valence-electron chi connectivity index (χ0n) is 46.1. The minimum absolute atomic E-state index is 0.00130. The van der Waals surface area contributed by atoms with E-state index in [1.54, 1.807) is 6.08 Å². The Balaban J connectivity index is 4.14. The smallest absolute Gasteiger partial charge is 0.268 e. The van der Waals surface area contributed by atoms with Crippen molar-refractivity contribution >= 4 is 13.7 Å². The van der Waals surface area contributed by atoms with Crippen LogP contribution in [0.3, 0.4) is 0 Å². The van der Waals surface area contributed by atoms with Gasteiger partial charge in [-0.25, -0.2) is 0 Å². The molecule has 9 heteroatoms. The summed E-state index contributed by atoms with van der Waals surface area (Å²) in [6.45, 7) is 4.69. The summed E-state index contributed by atoms with van der Waals surface area (Å²) in [4.78, 5) is 25.5. The number of nitrogens with one attached hydrogen (secondary N) is 1. The maximum absolute atomic E-state index is 13.0. The van der Waals surface area contributed by atoms with Crippen LogP contribution in [0, 0.1) is 0 Å². The van der Waals surface area contributed by atoms with Gasteiger partial charge in [0.15, 0.2) is 0 Å². The van der Waals surface area contributed by atoms with Gasteiger partial charge >= 0.3 is 0 Å². The molecule has 68 heavy (non-hydrogen) atoms. The summed E-state index contributed by atoms with van der Waals surface area (Å²) < 4.78 is 23.4. The van der Waals surface area contributed by atoms with Crippen molar-refractivity contribution in [3.8, 4) is 0 Å². The predicted octanol–water partition coefficient (Wildman–Crippen LogP) is 17.4. The fourth-order valence-corrected chi connectivity index (χ4v) is 9.70. The van der Waals surface area contributed by atoms with Crippen LogP contribution in [0.5, 0.6) is 0 Å². The highest BCUT2D eigenvalue weighted by molar-refractivity contribution is 7.45. The van der Waals surface area contributed by atoms with Crippen molar-refractivity contribution in [2.75, 3.05) is 40.9 Å². The Labute approximate surface area is 424 Å². The summed E-state index contributed by atoms with van der Waals surface area (Å²) in [6, 6.07) is -0.884. The SMILES string of the molecule is CCCCCCCCCC/C=C\CCCCCCCCCCCCCCCCCC(=O)NC(COP(=O)([O-])OCC[N+](C)(C)C)C(O)/C=C/CCCCCCCCCCCCCCCCCCC. The van der Waals surface area contributed by atoms with Gasteiger partial charge in [-0.15, -0.1) is 0 Å². The van der Waals surface area contributed by atoms with Gasteiger partial charge in [-0.3, -0.25) is 9.36 Å². The van der Waals surface area contributed by atoms with Crippen LogP contribution in [-0.4, -0.2) is 68.5 Å². The number of amides is 1. The minimum atomic E-state index is -4.59. The number of carbonyl (C=O) groups is 1. The summed E-state index contributed by atoms with van der Waals surface area (Å²) >= 11 is 0. The number of likely N-dealkylation sites (N-methyl/N-ethyl adjacent to an activating group) is 1. The van der Waals surface area contributed by atoms with Crippen LogP contribution in [0.2, 0.25) is 0 Å². The molecular formula is C59H117N2O6P. The number of phosphoric acid groups is 1. The van der Waals surface area contributed by atoms with E-state index < -0.39 is 20.0 Å². The number of hydrogen-bond donors (Lipinski definition) is 2. The van der Waals surface area contributed by atoms with E-state index in [0.717, 1.165) is 38.5 Å². The van der Waals surface area contributed by atoms with E-state index in [9.17, 15) is 19.4 Å². The van der Waals surface area contributed by atoms with Crippen molar-refractivity contribution in [2.24, 2.45) is 0 Å². The molecule has 0 heterocycles. The lowest BCUT2D eigenvalue weighted by Crippen LogP contribution is -2.45. The fourth-order valence-electron chi connectivity index (χ4n) is 8.97. The van der Waals surface area contributed by atoms with Gasteiger partial charge in [0.2, 0.25) is 5.91 Å². The molecule has 0 rings (SSSR count). The molecule has 0 aromatic carbocycles. The Bertz CT molecular complexity index is 1160. The average molecular weight is 982 g/mol. The van der Waals surface area contributed by atoms with Crippen molar-refractivity contribution in [2.45, 2.75) is 309 Å². The molecule has 0 spiro atoms. The Hall–Kier alpha value is -1.02. The van der Waals surface area contributed by atoms with E-state index in [2.05, 4.69) is 31.3 Å². The monoisotopic (exact) mass is 981 g/mol.